The summed E-state index contributed by atoms with van der Waals surface area (Å²) in [6, 6.07) is 3.62. The number of benzene rings is 1. The van der Waals surface area contributed by atoms with Gasteiger partial charge in [0, 0.05) is 25.3 Å². The summed E-state index contributed by atoms with van der Waals surface area (Å²) >= 11 is 0. The molecule has 0 saturated carbocycles. The highest BCUT2D eigenvalue weighted by Gasteiger charge is 2.50. The number of aromatic hydroxyl groups is 1. The summed E-state index contributed by atoms with van der Waals surface area (Å²) in [4.78, 5) is 50.4. The molecule has 0 radical (unpaired) electrons. The van der Waals surface area contributed by atoms with Crippen LogP contribution in [0.3, 0.4) is 0 Å². The summed E-state index contributed by atoms with van der Waals surface area (Å²) in [7, 11) is 1.31. The molecule has 2 heterocycles. The fourth-order valence-corrected chi connectivity index (χ4v) is 3.51. The number of aromatic amines is 1. The summed E-state index contributed by atoms with van der Waals surface area (Å²) in [5.74, 6) is -1.72. The third kappa shape index (κ3) is 4.50. The number of nitrogens with one attached hydrogen (secondary N) is 1. The number of carbonyl (C=O) groups excluding carboxylic acids is 2. The Kier molecular flexibility index (Phi) is 6.65. The average molecular weight is 450 g/mol. The van der Waals surface area contributed by atoms with Crippen molar-refractivity contribution in [1.82, 2.24) is 9.55 Å². The fraction of sp³-hybridized carbons (Fsp3) is 0.400. The third-order valence-corrected chi connectivity index (χ3v) is 4.84. The second-order valence-corrected chi connectivity index (χ2v) is 7.05. The normalized spacial score (nSPS) is 22.4. The molecule has 0 spiro atoms. The van der Waals surface area contributed by atoms with Gasteiger partial charge in [-0.1, -0.05) is 0 Å². The van der Waals surface area contributed by atoms with E-state index in [1.165, 1.54) is 19.2 Å². The largest absolute Gasteiger partial charge is 0.508 e. The SMILES string of the molecule is COc1cc(O)cc(C)c1C(=O)O[C@@H]1[C@@H](CO)OC(n2ccc(=O)[nH]c2=O)[C@@H]1OC(C)=O. The van der Waals surface area contributed by atoms with Gasteiger partial charge in [-0.05, 0) is 18.6 Å². The van der Waals surface area contributed by atoms with Crippen molar-refractivity contribution < 1.29 is 38.7 Å². The molecule has 0 amide bonds. The molecule has 1 fully saturated rings. The van der Waals surface area contributed by atoms with Gasteiger partial charge in [-0.15, -0.1) is 0 Å². The van der Waals surface area contributed by atoms with Gasteiger partial charge in [0.15, 0.2) is 18.4 Å². The molecule has 1 aliphatic rings. The lowest BCUT2D eigenvalue weighted by Crippen LogP contribution is -2.42. The molecule has 1 saturated heterocycles. The van der Waals surface area contributed by atoms with E-state index in [0.717, 1.165) is 23.8 Å². The molecular formula is C20H22N2O10. The Hall–Kier alpha value is -3.64. The fourth-order valence-electron chi connectivity index (χ4n) is 3.51. The number of hydrogen-bond acceptors (Lipinski definition) is 10. The number of aryl methyl sites for hydroxylation is 1. The van der Waals surface area contributed by atoms with E-state index in [-0.39, 0.29) is 17.1 Å². The van der Waals surface area contributed by atoms with Crippen LogP contribution in [-0.4, -0.2) is 63.7 Å². The van der Waals surface area contributed by atoms with Crippen LogP contribution in [0, 0.1) is 6.92 Å². The van der Waals surface area contributed by atoms with Gasteiger partial charge in [0.05, 0.1) is 13.7 Å². The molecule has 1 aliphatic heterocycles. The molecule has 172 valence electrons. The average Bonchev–Trinajstić information content (AvgIpc) is 3.03. The van der Waals surface area contributed by atoms with Crippen LogP contribution in [0.1, 0.15) is 29.1 Å². The smallest absolute Gasteiger partial charge is 0.342 e. The molecule has 1 unspecified atom stereocenters. The molecular weight excluding hydrogens is 428 g/mol. The number of methoxy groups -OCH3 is 1. The Morgan fingerprint density at radius 1 is 1.22 bits per heavy atom. The lowest BCUT2D eigenvalue weighted by Gasteiger charge is -2.24. The summed E-state index contributed by atoms with van der Waals surface area (Å²) in [6.07, 6.45) is -3.94. The molecule has 0 aliphatic carbocycles. The zero-order valence-electron chi connectivity index (χ0n) is 17.4. The minimum absolute atomic E-state index is 0.00761. The van der Waals surface area contributed by atoms with Crippen molar-refractivity contribution in [2.24, 2.45) is 0 Å². The highest BCUT2D eigenvalue weighted by atomic mass is 16.6. The van der Waals surface area contributed by atoms with E-state index in [2.05, 4.69) is 4.98 Å². The summed E-state index contributed by atoms with van der Waals surface area (Å²) in [5, 5.41) is 19.5. The number of phenolic OH excluding ortho intramolecular Hbond substituents is 1. The quantitative estimate of drug-likeness (QED) is 0.493. The number of esters is 2. The van der Waals surface area contributed by atoms with Crippen molar-refractivity contribution in [3.63, 3.8) is 0 Å². The standard InChI is InChI=1S/C20H22N2O10/c1-9-6-11(25)7-12(29-3)15(9)19(27)32-16-13(8-23)31-18(17(16)30-10(2)24)22-5-4-14(26)21-20(22)28/h4-7,13,16-18,23,25H,8H2,1-3H3,(H,21,26,28)/t13-,16-,17-,18?/m1/s1. The number of H-pyrrole nitrogens is 1. The van der Waals surface area contributed by atoms with Gasteiger partial charge in [0.25, 0.3) is 5.56 Å². The number of rotatable bonds is 6. The van der Waals surface area contributed by atoms with Gasteiger partial charge in [0.2, 0.25) is 0 Å². The van der Waals surface area contributed by atoms with Gasteiger partial charge >= 0.3 is 17.6 Å². The van der Waals surface area contributed by atoms with Crippen molar-refractivity contribution in [2.45, 2.75) is 38.4 Å². The first kappa shape index (κ1) is 23.0. The first-order valence-electron chi connectivity index (χ1n) is 9.49. The van der Waals surface area contributed by atoms with Gasteiger partial charge < -0.3 is 29.2 Å². The van der Waals surface area contributed by atoms with Crippen LogP contribution in [0.4, 0.5) is 0 Å². The molecule has 1 aromatic carbocycles. The Labute approximate surface area is 180 Å². The zero-order chi connectivity index (χ0) is 23.6. The number of ether oxygens (including phenoxy) is 4. The van der Waals surface area contributed by atoms with Crippen LogP contribution in [0.25, 0.3) is 0 Å². The van der Waals surface area contributed by atoms with E-state index in [1.54, 1.807) is 6.92 Å². The molecule has 3 N–H and O–H groups in total. The topological polar surface area (TPSA) is 166 Å². The number of aliphatic hydroxyl groups excluding tert-OH is 1. The van der Waals surface area contributed by atoms with Crippen LogP contribution in [0.15, 0.2) is 34.0 Å². The van der Waals surface area contributed by atoms with Crippen molar-refractivity contribution >= 4 is 11.9 Å². The number of aliphatic hydroxyl groups is 1. The highest BCUT2D eigenvalue weighted by molar-refractivity contribution is 5.94. The molecule has 2 aromatic rings. The van der Waals surface area contributed by atoms with E-state index in [9.17, 15) is 29.4 Å². The molecule has 3 rings (SSSR count). The summed E-state index contributed by atoms with van der Waals surface area (Å²) < 4.78 is 22.6. The predicted octanol–water partition coefficient (Wildman–Crippen LogP) is -0.394. The Balaban J connectivity index is 2.00. The molecule has 4 atom stereocenters. The number of hydrogen-bond donors (Lipinski definition) is 3. The number of nitrogens with zero attached hydrogens (tertiary/aromatic N) is 1. The van der Waals surface area contributed by atoms with Crippen molar-refractivity contribution in [1.29, 1.82) is 0 Å². The summed E-state index contributed by atoms with van der Waals surface area (Å²) in [5.41, 5.74) is -1.14. The van der Waals surface area contributed by atoms with Gasteiger partial charge in [0.1, 0.15) is 23.2 Å². The minimum Gasteiger partial charge on any atom is -0.508 e. The second-order valence-electron chi connectivity index (χ2n) is 7.05. The van der Waals surface area contributed by atoms with Gasteiger partial charge in [-0.3, -0.25) is 19.1 Å². The number of phenols is 1. The summed E-state index contributed by atoms with van der Waals surface area (Å²) in [6.45, 7) is 2.04. The van der Waals surface area contributed by atoms with E-state index in [4.69, 9.17) is 18.9 Å². The van der Waals surface area contributed by atoms with E-state index < -0.39 is 54.3 Å². The highest BCUT2D eigenvalue weighted by Crippen LogP contribution is 2.35. The second kappa shape index (κ2) is 9.24. The maximum Gasteiger partial charge on any atom is 0.342 e. The van der Waals surface area contributed by atoms with Crippen LogP contribution in [-0.2, 0) is 19.0 Å². The number of aromatic nitrogens is 2. The lowest BCUT2D eigenvalue weighted by atomic mass is 10.1. The monoisotopic (exact) mass is 450 g/mol. The van der Waals surface area contributed by atoms with Crippen molar-refractivity contribution in [3.8, 4) is 11.5 Å². The lowest BCUT2D eigenvalue weighted by molar-refractivity contribution is -0.156. The van der Waals surface area contributed by atoms with Crippen LogP contribution in [0.5, 0.6) is 11.5 Å². The maximum atomic E-state index is 13.0. The number of carbonyl (C=O) groups is 2. The van der Waals surface area contributed by atoms with Crippen LogP contribution < -0.4 is 16.0 Å². The first-order valence-corrected chi connectivity index (χ1v) is 9.49. The van der Waals surface area contributed by atoms with Gasteiger partial charge in [-0.25, -0.2) is 9.59 Å². The predicted molar refractivity (Wildman–Crippen MR) is 106 cm³/mol. The molecule has 32 heavy (non-hydrogen) atoms. The maximum absolute atomic E-state index is 13.0. The van der Waals surface area contributed by atoms with E-state index in [1.807, 2.05) is 0 Å². The van der Waals surface area contributed by atoms with Crippen molar-refractivity contribution in [2.75, 3.05) is 13.7 Å². The Morgan fingerprint density at radius 2 is 1.94 bits per heavy atom. The van der Waals surface area contributed by atoms with Gasteiger partial charge in [-0.2, -0.15) is 0 Å². The molecule has 1 aromatic heterocycles. The Bertz CT molecular complexity index is 1140. The molecule has 12 heteroatoms. The first-order chi connectivity index (χ1) is 15.2. The third-order valence-electron chi connectivity index (χ3n) is 4.84. The molecule has 12 nitrogen and oxygen atoms in total. The zero-order valence-corrected chi connectivity index (χ0v) is 17.4. The molecule has 0 bridgehead atoms. The van der Waals surface area contributed by atoms with Crippen LogP contribution in [0.2, 0.25) is 0 Å². The van der Waals surface area contributed by atoms with E-state index in [0.29, 0.717) is 5.56 Å². The Morgan fingerprint density at radius 3 is 2.53 bits per heavy atom. The van der Waals surface area contributed by atoms with Crippen molar-refractivity contribution in [3.05, 3.63) is 56.4 Å². The minimum atomic E-state index is -1.32. The van der Waals surface area contributed by atoms with E-state index >= 15 is 0 Å². The van der Waals surface area contributed by atoms with Crippen LogP contribution >= 0.6 is 0 Å².